The van der Waals surface area contributed by atoms with Crippen LogP contribution in [0.1, 0.15) is 18.4 Å². The Morgan fingerprint density at radius 2 is 1.96 bits per heavy atom. The van der Waals surface area contributed by atoms with Gasteiger partial charge in [-0.3, -0.25) is 0 Å². The molecule has 0 spiro atoms. The van der Waals surface area contributed by atoms with E-state index in [0.29, 0.717) is 0 Å². The van der Waals surface area contributed by atoms with Crippen molar-refractivity contribution in [3.05, 3.63) is 29.8 Å². The number of benzene rings is 1. The minimum Gasteiger partial charge on any atom is -0.491 e. The number of alkyl halides is 3. The first kappa shape index (κ1) is 18.4. The monoisotopic (exact) mass is 346 g/mol. The molecule has 0 atom stereocenters. The van der Waals surface area contributed by atoms with Crippen LogP contribution in [-0.2, 0) is 0 Å². The number of likely N-dealkylation sites (tertiary alicyclic amines) is 1. The first-order valence-electron chi connectivity index (χ1n) is 7.73. The average Bonchev–Trinajstić information content (AvgIpc) is 2.52. The van der Waals surface area contributed by atoms with Gasteiger partial charge in [-0.2, -0.15) is 13.2 Å². The van der Waals surface area contributed by atoms with Gasteiger partial charge in [0.1, 0.15) is 12.4 Å². The molecule has 2 N–H and O–H groups in total. The molecule has 24 heavy (non-hydrogen) atoms. The lowest BCUT2D eigenvalue weighted by Crippen LogP contribution is -2.56. The van der Waals surface area contributed by atoms with Gasteiger partial charge in [0.25, 0.3) is 0 Å². The minimum absolute atomic E-state index is 0.138. The van der Waals surface area contributed by atoms with Crippen molar-refractivity contribution < 1.29 is 27.8 Å². The number of carbonyl (C=O) groups is 1. The number of ether oxygens (including phenoxy) is 1. The number of nitrogens with zero attached hydrogens (tertiary/aromatic N) is 1. The molecule has 0 bridgehead atoms. The van der Waals surface area contributed by atoms with Crippen molar-refractivity contribution in [2.75, 3.05) is 26.2 Å². The third kappa shape index (κ3) is 4.31. The molecule has 0 unspecified atom stereocenters. The molecule has 2 rings (SSSR count). The lowest BCUT2D eigenvalue weighted by atomic mass is 9.91. The third-order valence-corrected chi connectivity index (χ3v) is 4.13. The Kier molecular flexibility index (Phi) is 5.58. The summed E-state index contributed by atoms with van der Waals surface area (Å²) in [7, 11) is 0. The SMILES string of the molecule is Cc1ccccc1OCCNC(=O)N1CCC(O)(C(F)(F)F)CC1. The van der Waals surface area contributed by atoms with E-state index in [1.165, 1.54) is 4.90 Å². The smallest absolute Gasteiger partial charge is 0.417 e. The van der Waals surface area contributed by atoms with Gasteiger partial charge in [0.05, 0.1) is 6.54 Å². The summed E-state index contributed by atoms with van der Waals surface area (Å²) in [5, 5.41) is 12.2. The van der Waals surface area contributed by atoms with Crippen LogP contribution in [0, 0.1) is 6.92 Å². The molecule has 0 radical (unpaired) electrons. The lowest BCUT2D eigenvalue weighted by molar-refractivity contribution is -0.271. The highest BCUT2D eigenvalue weighted by atomic mass is 19.4. The summed E-state index contributed by atoms with van der Waals surface area (Å²) in [4.78, 5) is 13.2. The van der Waals surface area contributed by atoms with E-state index in [0.717, 1.165) is 11.3 Å². The van der Waals surface area contributed by atoms with Crippen molar-refractivity contribution in [1.29, 1.82) is 0 Å². The van der Waals surface area contributed by atoms with Gasteiger partial charge in [0.15, 0.2) is 5.60 Å². The fourth-order valence-electron chi connectivity index (χ4n) is 2.51. The second-order valence-corrected chi connectivity index (χ2v) is 5.86. The number of para-hydroxylation sites is 1. The van der Waals surface area contributed by atoms with Crippen molar-refractivity contribution in [3.8, 4) is 5.75 Å². The van der Waals surface area contributed by atoms with Gasteiger partial charge in [-0.1, -0.05) is 18.2 Å². The van der Waals surface area contributed by atoms with Crippen molar-refractivity contribution in [1.82, 2.24) is 10.2 Å². The first-order chi connectivity index (χ1) is 11.2. The summed E-state index contributed by atoms with van der Waals surface area (Å²) in [5.41, 5.74) is -1.72. The molecule has 1 aromatic carbocycles. The maximum Gasteiger partial charge on any atom is 0.417 e. The van der Waals surface area contributed by atoms with Gasteiger partial charge >= 0.3 is 12.2 Å². The van der Waals surface area contributed by atoms with Crippen LogP contribution >= 0.6 is 0 Å². The van der Waals surface area contributed by atoms with E-state index in [-0.39, 0.29) is 26.2 Å². The van der Waals surface area contributed by atoms with Crippen LogP contribution in [0.4, 0.5) is 18.0 Å². The molecule has 8 heteroatoms. The molecule has 1 aliphatic heterocycles. The molecule has 1 aliphatic rings. The highest BCUT2D eigenvalue weighted by Gasteiger charge is 2.54. The second kappa shape index (κ2) is 7.29. The molecule has 5 nitrogen and oxygen atoms in total. The average molecular weight is 346 g/mol. The summed E-state index contributed by atoms with van der Waals surface area (Å²) in [6, 6.07) is 7.01. The van der Waals surface area contributed by atoms with Crippen LogP contribution in [0.5, 0.6) is 5.75 Å². The zero-order valence-corrected chi connectivity index (χ0v) is 13.4. The summed E-state index contributed by atoms with van der Waals surface area (Å²) in [6.45, 7) is 2.13. The normalized spacial score (nSPS) is 17.5. The van der Waals surface area contributed by atoms with Crippen molar-refractivity contribution in [2.45, 2.75) is 31.5 Å². The Labute approximate surface area is 138 Å². The number of halogens is 3. The van der Waals surface area contributed by atoms with E-state index in [9.17, 15) is 23.1 Å². The van der Waals surface area contributed by atoms with Crippen LogP contribution in [0.3, 0.4) is 0 Å². The van der Waals surface area contributed by atoms with Gasteiger partial charge in [0.2, 0.25) is 0 Å². The Balaban J connectivity index is 1.72. The predicted octanol–water partition coefficient (Wildman–Crippen LogP) is 2.47. The van der Waals surface area contributed by atoms with E-state index in [1.807, 2.05) is 31.2 Å². The van der Waals surface area contributed by atoms with Crippen LogP contribution in [0.25, 0.3) is 0 Å². The Morgan fingerprint density at radius 1 is 1.33 bits per heavy atom. The van der Waals surface area contributed by atoms with Crippen LogP contribution in [0.15, 0.2) is 24.3 Å². The number of urea groups is 1. The Morgan fingerprint density at radius 3 is 2.54 bits per heavy atom. The highest BCUT2D eigenvalue weighted by Crippen LogP contribution is 2.38. The molecule has 2 amide bonds. The highest BCUT2D eigenvalue weighted by molar-refractivity contribution is 5.74. The summed E-state index contributed by atoms with van der Waals surface area (Å²) in [5.74, 6) is 0.722. The number of nitrogens with one attached hydrogen (secondary N) is 1. The summed E-state index contributed by atoms with van der Waals surface area (Å²) < 4.78 is 43.7. The van der Waals surface area contributed by atoms with Gasteiger partial charge in [-0.15, -0.1) is 0 Å². The number of carbonyl (C=O) groups excluding carboxylic acids is 1. The molecule has 1 heterocycles. The molecular formula is C16H21F3N2O3. The van der Waals surface area contributed by atoms with E-state index in [1.54, 1.807) is 0 Å². The van der Waals surface area contributed by atoms with Crippen molar-refractivity contribution >= 4 is 6.03 Å². The maximum absolute atomic E-state index is 12.7. The molecule has 1 fully saturated rings. The zero-order valence-electron chi connectivity index (χ0n) is 13.4. The number of aryl methyl sites for hydroxylation is 1. The van der Waals surface area contributed by atoms with E-state index in [4.69, 9.17) is 4.74 Å². The van der Waals surface area contributed by atoms with E-state index < -0.39 is 30.7 Å². The van der Waals surface area contributed by atoms with Crippen molar-refractivity contribution in [3.63, 3.8) is 0 Å². The molecule has 1 saturated heterocycles. The zero-order chi connectivity index (χ0) is 17.8. The number of piperidine rings is 1. The molecule has 1 aromatic rings. The van der Waals surface area contributed by atoms with Gasteiger partial charge in [0, 0.05) is 25.9 Å². The summed E-state index contributed by atoms with van der Waals surface area (Å²) >= 11 is 0. The number of hydrogen-bond donors (Lipinski definition) is 2. The van der Waals surface area contributed by atoms with Gasteiger partial charge in [-0.25, -0.2) is 4.79 Å². The topological polar surface area (TPSA) is 61.8 Å². The molecular weight excluding hydrogens is 325 g/mol. The predicted molar refractivity (Wildman–Crippen MR) is 81.9 cm³/mol. The standard InChI is InChI=1S/C16H21F3N2O3/c1-12-4-2-3-5-13(12)24-11-8-20-14(22)21-9-6-15(23,7-10-21)16(17,18)19/h2-5,23H,6-11H2,1H3,(H,20,22). The number of amides is 2. The number of hydrogen-bond acceptors (Lipinski definition) is 3. The fraction of sp³-hybridized carbons (Fsp3) is 0.562. The quantitative estimate of drug-likeness (QED) is 0.824. The van der Waals surface area contributed by atoms with E-state index >= 15 is 0 Å². The van der Waals surface area contributed by atoms with E-state index in [2.05, 4.69) is 5.32 Å². The van der Waals surface area contributed by atoms with Crippen LogP contribution in [-0.4, -0.2) is 54.1 Å². The molecule has 134 valence electrons. The molecule has 0 aromatic heterocycles. The molecule has 0 saturated carbocycles. The fourth-order valence-corrected chi connectivity index (χ4v) is 2.51. The van der Waals surface area contributed by atoms with Crippen molar-refractivity contribution in [2.24, 2.45) is 0 Å². The number of rotatable bonds is 4. The third-order valence-electron chi connectivity index (χ3n) is 4.13. The summed E-state index contributed by atoms with van der Waals surface area (Å²) in [6.07, 6.45) is -5.69. The molecule has 0 aliphatic carbocycles. The lowest BCUT2D eigenvalue weighted by Gasteiger charge is -2.38. The maximum atomic E-state index is 12.7. The first-order valence-corrected chi connectivity index (χ1v) is 7.73. The number of aliphatic hydroxyl groups is 1. The Bertz CT molecular complexity index is 570. The van der Waals surface area contributed by atoms with Crippen LogP contribution in [0.2, 0.25) is 0 Å². The van der Waals surface area contributed by atoms with Gasteiger partial charge in [-0.05, 0) is 18.6 Å². The Hall–Kier alpha value is -1.96. The minimum atomic E-state index is -4.67. The van der Waals surface area contributed by atoms with Crippen LogP contribution < -0.4 is 10.1 Å². The second-order valence-electron chi connectivity index (χ2n) is 5.86. The van der Waals surface area contributed by atoms with Gasteiger partial charge < -0.3 is 20.1 Å². The largest absolute Gasteiger partial charge is 0.491 e.